The minimum absolute atomic E-state index is 0.00347. The normalized spacial score (nSPS) is 10.8. The van der Waals surface area contributed by atoms with Crippen molar-refractivity contribution in [3.8, 4) is 0 Å². The standard InChI is InChI=1S/C7H5Br2F2N/c1-3-4(7(10)11)2-5(8)12-6(3)9/h2,7H,1H3. The van der Waals surface area contributed by atoms with Gasteiger partial charge in [0, 0.05) is 5.56 Å². The van der Waals surface area contributed by atoms with Crippen LogP contribution >= 0.6 is 31.9 Å². The molecule has 0 unspecified atom stereocenters. The summed E-state index contributed by atoms with van der Waals surface area (Å²) in [5, 5.41) is 0. The van der Waals surface area contributed by atoms with Crippen LogP contribution in [0.1, 0.15) is 17.6 Å². The SMILES string of the molecule is Cc1c(C(F)F)cc(Br)nc1Br. The molecular formula is C7H5Br2F2N. The first-order valence-electron chi connectivity index (χ1n) is 3.13. The van der Waals surface area contributed by atoms with E-state index in [1.807, 2.05) is 0 Å². The topological polar surface area (TPSA) is 12.9 Å². The zero-order valence-corrected chi connectivity index (χ0v) is 9.29. The van der Waals surface area contributed by atoms with E-state index in [4.69, 9.17) is 0 Å². The second kappa shape index (κ2) is 3.79. The second-order valence-electron chi connectivity index (χ2n) is 2.25. The van der Waals surface area contributed by atoms with Crippen molar-refractivity contribution < 1.29 is 8.78 Å². The third-order valence-electron chi connectivity index (χ3n) is 1.46. The Morgan fingerprint density at radius 2 is 2.00 bits per heavy atom. The van der Waals surface area contributed by atoms with E-state index in [1.54, 1.807) is 6.92 Å². The predicted molar refractivity (Wildman–Crippen MR) is 49.3 cm³/mol. The van der Waals surface area contributed by atoms with E-state index in [0.717, 1.165) is 0 Å². The Labute approximate surface area is 85.4 Å². The van der Waals surface area contributed by atoms with Gasteiger partial charge >= 0.3 is 0 Å². The van der Waals surface area contributed by atoms with Gasteiger partial charge in [-0.25, -0.2) is 13.8 Å². The Hall–Kier alpha value is -0.0300. The molecule has 5 heteroatoms. The summed E-state index contributed by atoms with van der Waals surface area (Å²) in [6.45, 7) is 1.60. The number of nitrogens with zero attached hydrogens (tertiary/aromatic N) is 1. The number of hydrogen-bond acceptors (Lipinski definition) is 1. The van der Waals surface area contributed by atoms with E-state index in [0.29, 0.717) is 14.8 Å². The first-order chi connectivity index (χ1) is 5.52. The summed E-state index contributed by atoms with van der Waals surface area (Å²) in [5.41, 5.74) is 0.483. The molecule has 0 aliphatic heterocycles. The quantitative estimate of drug-likeness (QED) is 0.718. The average Bonchev–Trinajstić information content (AvgIpc) is 1.96. The van der Waals surface area contributed by atoms with Gasteiger partial charge in [-0.2, -0.15) is 0 Å². The highest BCUT2D eigenvalue weighted by Crippen LogP contribution is 2.28. The van der Waals surface area contributed by atoms with Gasteiger partial charge in [-0.15, -0.1) is 0 Å². The molecule has 0 saturated heterocycles. The van der Waals surface area contributed by atoms with Gasteiger partial charge in [-0.05, 0) is 50.4 Å². The van der Waals surface area contributed by atoms with Gasteiger partial charge in [0.1, 0.15) is 9.21 Å². The van der Waals surface area contributed by atoms with Crippen molar-refractivity contribution in [2.45, 2.75) is 13.3 Å². The highest BCUT2D eigenvalue weighted by molar-refractivity contribution is 9.11. The van der Waals surface area contributed by atoms with Crippen LogP contribution in [0.5, 0.6) is 0 Å². The highest BCUT2D eigenvalue weighted by atomic mass is 79.9. The molecule has 0 bridgehead atoms. The lowest BCUT2D eigenvalue weighted by Gasteiger charge is -2.06. The molecule has 1 aromatic heterocycles. The van der Waals surface area contributed by atoms with Crippen molar-refractivity contribution in [1.82, 2.24) is 4.98 Å². The van der Waals surface area contributed by atoms with Gasteiger partial charge in [0.05, 0.1) is 0 Å². The van der Waals surface area contributed by atoms with Gasteiger partial charge in [-0.1, -0.05) is 0 Å². The van der Waals surface area contributed by atoms with Gasteiger partial charge in [0.25, 0.3) is 6.43 Å². The van der Waals surface area contributed by atoms with E-state index in [1.165, 1.54) is 6.07 Å². The summed E-state index contributed by atoms with van der Waals surface area (Å²) in [4.78, 5) is 3.92. The monoisotopic (exact) mass is 299 g/mol. The molecule has 0 radical (unpaired) electrons. The Bertz CT molecular complexity index is 302. The Kier molecular flexibility index (Phi) is 3.17. The van der Waals surface area contributed by atoms with E-state index in [9.17, 15) is 8.78 Å². The van der Waals surface area contributed by atoms with E-state index < -0.39 is 6.43 Å². The molecule has 0 amide bonds. The third-order valence-corrected chi connectivity index (χ3v) is 2.64. The number of pyridine rings is 1. The van der Waals surface area contributed by atoms with Crippen LogP contribution in [0.2, 0.25) is 0 Å². The van der Waals surface area contributed by atoms with Crippen molar-refractivity contribution >= 4 is 31.9 Å². The van der Waals surface area contributed by atoms with Gasteiger partial charge in [0.15, 0.2) is 0 Å². The molecule has 0 saturated carbocycles. The van der Waals surface area contributed by atoms with E-state index in [2.05, 4.69) is 36.8 Å². The largest absolute Gasteiger partial charge is 0.264 e. The van der Waals surface area contributed by atoms with Crippen molar-refractivity contribution in [1.29, 1.82) is 0 Å². The fourth-order valence-electron chi connectivity index (χ4n) is 0.792. The summed E-state index contributed by atoms with van der Waals surface area (Å²) >= 11 is 6.13. The highest BCUT2D eigenvalue weighted by Gasteiger charge is 2.14. The van der Waals surface area contributed by atoms with Crippen LogP contribution in [0.4, 0.5) is 8.78 Å². The number of alkyl halides is 2. The number of rotatable bonds is 1. The van der Waals surface area contributed by atoms with Gasteiger partial charge < -0.3 is 0 Å². The Morgan fingerprint density at radius 1 is 1.42 bits per heavy atom. The molecule has 1 nitrogen and oxygen atoms in total. The summed E-state index contributed by atoms with van der Waals surface area (Å²) in [5.74, 6) is 0. The summed E-state index contributed by atoms with van der Waals surface area (Å²) < 4.78 is 25.5. The molecule has 0 aliphatic carbocycles. The Balaban J connectivity index is 3.28. The number of hydrogen-bond donors (Lipinski definition) is 0. The lowest BCUT2D eigenvalue weighted by Crippen LogP contribution is -1.93. The maximum absolute atomic E-state index is 12.3. The van der Waals surface area contributed by atoms with Crippen LogP contribution in [0.15, 0.2) is 15.3 Å². The van der Waals surface area contributed by atoms with Crippen LogP contribution in [-0.2, 0) is 0 Å². The fourth-order valence-corrected chi connectivity index (χ4v) is 1.87. The molecule has 0 spiro atoms. The molecule has 1 heterocycles. The fraction of sp³-hybridized carbons (Fsp3) is 0.286. The molecule has 12 heavy (non-hydrogen) atoms. The smallest absolute Gasteiger partial charge is 0.234 e. The lowest BCUT2D eigenvalue weighted by molar-refractivity contribution is 0.150. The van der Waals surface area contributed by atoms with E-state index in [-0.39, 0.29) is 5.56 Å². The van der Waals surface area contributed by atoms with Crippen molar-refractivity contribution in [3.05, 3.63) is 26.4 Å². The first-order valence-corrected chi connectivity index (χ1v) is 4.71. The number of aromatic nitrogens is 1. The van der Waals surface area contributed by atoms with Crippen LogP contribution in [0.25, 0.3) is 0 Å². The molecule has 1 rings (SSSR count). The van der Waals surface area contributed by atoms with Gasteiger partial charge in [-0.3, -0.25) is 0 Å². The molecule has 0 atom stereocenters. The minimum Gasteiger partial charge on any atom is -0.234 e. The Morgan fingerprint density at radius 3 is 2.50 bits per heavy atom. The maximum atomic E-state index is 12.3. The van der Waals surface area contributed by atoms with Crippen LogP contribution in [-0.4, -0.2) is 4.98 Å². The summed E-state index contributed by atoms with van der Waals surface area (Å²) in [6, 6.07) is 1.32. The molecule has 0 aromatic carbocycles. The maximum Gasteiger partial charge on any atom is 0.264 e. The average molecular weight is 301 g/mol. The van der Waals surface area contributed by atoms with Gasteiger partial charge in [0.2, 0.25) is 0 Å². The zero-order valence-electron chi connectivity index (χ0n) is 6.11. The van der Waals surface area contributed by atoms with E-state index >= 15 is 0 Å². The molecular weight excluding hydrogens is 296 g/mol. The van der Waals surface area contributed by atoms with Crippen LogP contribution < -0.4 is 0 Å². The minimum atomic E-state index is -2.46. The third kappa shape index (κ3) is 2.01. The van der Waals surface area contributed by atoms with Crippen molar-refractivity contribution in [3.63, 3.8) is 0 Å². The van der Waals surface area contributed by atoms with Crippen molar-refractivity contribution in [2.24, 2.45) is 0 Å². The number of halogens is 4. The molecule has 1 aromatic rings. The van der Waals surface area contributed by atoms with Crippen LogP contribution in [0, 0.1) is 6.92 Å². The zero-order chi connectivity index (χ0) is 9.30. The summed E-state index contributed by atoms with van der Waals surface area (Å²) in [7, 11) is 0. The van der Waals surface area contributed by atoms with Crippen LogP contribution in [0.3, 0.4) is 0 Å². The summed E-state index contributed by atoms with van der Waals surface area (Å²) in [6.07, 6.45) is -2.46. The molecule has 0 N–H and O–H groups in total. The predicted octanol–water partition coefficient (Wildman–Crippen LogP) is 3.85. The molecule has 0 aliphatic rings. The van der Waals surface area contributed by atoms with Crippen molar-refractivity contribution in [2.75, 3.05) is 0 Å². The molecule has 66 valence electrons. The second-order valence-corrected chi connectivity index (χ2v) is 3.81. The molecule has 0 fully saturated rings. The lowest BCUT2D eigenvalue weighted by atomic mass is 10.2. The first kappa shape index (κ1) is 10.1.